The molecular formula is C13H16N2O6. The third-order valence-electron chi connectivity index (χ3n) is 2.48. The fourth-order valence-corrected chi connectivity index (χ4v) is 1.43. The molecule has 0 saturated heterocycles. The first-order chi connectivity index (χ1) is 9.97. The van der Waals surface area contributed by atoms with Gasteiger partial charge < -0.3 is 19.9 Å². The number of aromatic carboxylic acids is 1. The number of benzene rings is 1. The summed E-state index contributed by atoms with van der Waals surface area (Å²) in [5.74, 6) is -1.00. The SMILES string of the molecule is CNC(=O)NC(=O)CCOc1ccc(C(=O)O)cc1OC. The highest BCUT2D eigenvalue weighted by Crippen LogP contribution is 2.28. The average molecular weight is 296 g/mol. The van der Waals surface area contributed by atoms with Crippen LogP contribution in [-0.4, -0.2) is 43.8 Å². The van der Waals surface area contributed by atoms with Crippen LogP contribution in [0.5, 0.6) is 11.5 Å². The van der Waals surface area contributed by atoms with E-state index in [2.05, 4.69) is 10.6 Å². The number of hydrogen-bond donors (Lipinski definition) is 3. The van der Waals surface area contributed by atoms with Crippen LogP contribution in [0.25, 0.3) is 0 Å². The molecule has 0 aliphatic heterocycles. The van der Waals surface area contributed by atoms with E-state index in [-0.39, 0.29) is 24.3 Å². The molecule has 0 atom stereocenters. The van der Waals surface area contributed by atoms with E-state index in [1.807, 2.05) is 0 Å². The maximum absolute atomic E-state index is 11.3. The Kier molecular flexibility index (Phi) is 5.99. The summed E-state index contributed by atoms with van der Waals surface area (Å²) in [5, 5.41) is 13.2. The molecule has 21 heavy (non-hydrogen) atoms. The lowest BCUT2D eigenvalue weighted by Gasteiger charge is -2.11. The van der Waals surface area contributed by atoms with Crippen molar-refractivity contribution >= 4 is 17.9 Å². The quantitative estimate of drug-likeness (QED) is 0.709. The molecule has 0 saturated carbocycles. The van der Waals surface area contributed by atoms with Gasteiger partial charge in [-0.25, -0.2) is 9.59 Å². The standard InChI is InChI=1S/C13H16N2O6/c1-14-13(19)15-11(16)5-6-21-9-4-3-8(12(17)18)7-10(9)20-2/h3-4,7H,5-6H2,1-2H3,(H,17,18)(H2,14,15,16,19). The Labute approximate surface area is 121 Å². The van der Waals surface area contributed by atoms with Crippen molar-refractivity contribution in [2.45, 2.75) is 6.42 Å². The predicted octanol–water partition coefficient (Wildman–Crippen LogP) is 0.618. The first kappa shape index (κ1) is 16.3. The minimum absolute atomic E-state index is 0.0195. The summed E-state index contributed by atoms with van der Waals surface area (Å²) in [7, 11) is 2.78. The van der Waals surface area contributed by atoms with E-state index in [9.17, 15) is 14.4 Å². The van der Waals surface area contributed by atoms with Crippen molar-refractivity contribution in [3.63, 3.8) is 0 Å². The number of carboxylic acid groups (broad SMARTS) is 1. The van der Waals surface area contributed by atoms with Crippen molar-refractivity contribution in [3.05, 3.63) is 23.8 Å². The van der Waals surface area contributed by atoms with Gasteiger partial charge in [-0.2, -0.15) is 0 Å². The zero-order chi connectivity index (χ0) is 15.8. The highest BCUT2D eigenvalue weighted by atomic mass is 16.5. The topological polar surface area (TPSA) is 114 Å². The molecule has 1 aromatic carbocycles. The van der Waals surface area contributed by atoms with Crippen molar-refractivity contribution in [1.82, 2.24) is 10.6 Å². The largest absolute Gasteiger partial charge is 0.493 e. The Morgan fingerprint density at radius 3 is 2.52 bits per heavy atom. The number of ether oxygens (including phenoxy) is 2. The van der Waals surface area contributed by atoms with Gasteiger partial charge in [-0.3, -0.25) is 10.1 Å². The highest BCUT2D eigenvalue weighted by molar-refractivity contribution is 5.94. The molecule has 0 heterocycles. The second kappa shape index (κ2) is 7.73. The normalized spacial score (nSPS) is 9.62. The molecule has 0 bridgehead atoms. The van der Waals surface area contributed by atoms with E-state index >= 15 is 0 Å². The number of urea groups is 1. The van der Waals surface area contributed by atoms with E-state index in [0.29, 0.717) is 5.75 Å². The molecule has 0 radical (unpaired) electrons. The van der Waals surface area contributed by atoms with Gasteiger partial charge in [0.05, 0.1) is 25.7 Å². The monoisotopic (exact) mass is 296 g/mol. The summed E-state index contributed by atoms with van der Waals surface area (Å²) in [6.07, 6.45) is -0.0305. The first-order valence-corrected chi connectivity index (χ1v) is 6.03. The Balaban J connectivity index is 2.57. The zero-order valence-corrected chi connectivity index (χ0v) is 11.6. The fourth-order valence-electron chi connectivity index (χ4n) is 1.43. The average Bonchev–Trinajstić information content (AvgIpc) is 2.46. The maximum Gasteiger partial charge on any atom is 0.335 e. The molecule has 3 N–H and O–H groups in total. The van der Waals surface area contributed by atoms with E-state index < -0.39 is 17.9 Å². The molecule has 1 aromatic rings. The summed E-state index contributed by atoms with van der Waals surface area (Å²) in [5.41, 5.74) is 0.0663. The van der Waals surface area contributed by atoms with Gasteiger partial charge in [0.2, 0.25) is 5.91 Å². The molecule has 114 valence electrons. The van der Waals surface area contributed by atoms with Gasteiger partial charge in [-0.1, -0.05) is 0 Å². The Morgan fingerprint density at radius 1 is 1.24 bits per heavy atom. The lowest BCUT2D eigenvalue weighted by atomic mass is 10.2. The highest BCUT2D eigenvalue weighted by Gasteiger charge is 2.11. The number of imide groups is 1. The molecule has 8 heteroatoms. The van der Waals surface area contributed by atoms with Crippen molar-refractivity contribution < 1.29 is 29.0 Å². The number of carbonyl (C=O) groups excluding carboxylic acids is 2. The molecular weight excluding hydrogens is 280 g/mol. The van der Waals surface area contributed by atoms with Gasteiger partial charge in [0.1, 0.15) is 0 Å². The molecule has 3 amide bonds. The maximum atomic E-state index is 11.3. The number of hydrogen-bond acceptors (Lipinski definition) is 5. The second-order valence-electron chi connectivity index (χ2n) is 3.90. The third-order valence-corrected chi connectivity index (χ3v) is 2.48. The van der Waals surface area contributed by atoms with Crippen LogP contribution < -0.4 is 20.1 Å². The van der Waals surface area contributed by atoms with Crippen molar-refractivity contribution in [3.8, 4) is 11.5 Å². The Hall–Kier alpha value is -2.77. The number of methoxy groups -OCH3 is 1. The minimum Gasteiger partial charge on any atom is -0.493 e. The van der Waals surface area contributed by atoms with Crippen LogP contribution in [0.4, 0.5) is 4.79 Å². The number of amides is 3. The Morgan fingerprint density at radius 2 is 1.95 bits per heavy atom. The number of carboxylic acids is 1. The number of carbonyl (C=O) groups is 3. The zero-order valence-electron chi connectivity index (χ0n) is 11.6. The van der Waals surface area contributed by atoms with Crippen LogP contribution in [0.3, 0.4) is 0 Å². The lowest BCUT2D eigenvalue weighted by molar-refractivity contribution is -0.120. The summed E-state index contributed by atoms with van der Waals surface area (Å²) in [6.45, 7) is 0.0195. The molecule has 0 aromatic heterocycles. The van der Waals surface area contributed by atoms with Crippen molar-refractivity contribution in [1.29, 1.82) is 0 Å². The third kappa shape index (κ3) is 5.01. The van der Waals surface area contributed by atoms with Gasteiger partial charge in [0, 0.05) is 7.05 Å². The van der Waals surface area contributed by atoms with E-state index in [1.54, 1.807) is 0 Å². The summed E-state index contributed by atoms with van der Waals surface area (Å²) in [4.78, 5) is 33.1. The predicted molar refractivity (Wildman–Crippen MR) is 72.7 cm³/mol. The number of rotatable bonds is 6. The second-order valence-corrected chi connectivity index (χ2v) is 3.90. The van der Waals surface area contributed by atoms with Crippen molar-refractivity contribution in [2.24, 2.45) is 0 Å². The molecule has 1 rings (SSSR count). The van der Waals surface area contributed by atoms with Gasteiger partial charge in [0.15, 0.2) is 11.5 Å². The Bertz CT molecular complexity index is 543. The van der Waals surface area contributed by atoms with Gasteiger partial charge in [-0.05, 0) is 18.2 Å². The van der Waals surface area contributed by atoms with Gasteiger partial charge >= 0.3 is 12.0 Å². The molecule has 0 aliphatic carbocycles. The summed E-state index contributed by atoms with van der Waals surface area (Å²) >= 11 is 0. The van der Waals surface area contributed by atoms with Gasteiger partial charge in [0.25, 0.3) is 0 Å². The molecule has 8 nitrogen and oxygen atoms in total. The smallest absolute Gasteiger partial charge is 0.335 e. The van der Waals surface area contributed by atoms with Crippen LogP contribution in [0.15, 0.2) is 18.2 Å². The minimum atomic E-state index is -1.08. The lowest BCUT2D eigenvalue weighted by Crippen LogP contribution is -2.37. The van der Waals surface area contributed by atoms with E-state index in [4.69, 9.17) is 14.6 Å². The van der Waals surface area contributed by atoms with Gasteiger partial charge in [-0.15, -0.1) is 0 Å². The first-order valence-electron chi connectivity index (χ1n) is 6.03. The van der Waals surface area contributed by atoms with Crippen LogP contribution in [-0.2, 0) is 4.79 Å². The summed E-state index contributed by atoms with van der Waals surface area (Å²) in [6, 6.07) is 3.54. The van der Waals surface area contributed by atoms with E-state index in [1.165, 1.54) is 32.4 Å². The van der Waals surface area contributed by atoms with E-state index in [0.717, 1.165) is 0 Å². The van der Waals surface area contributed by atoms with Crippen LogP contribution >= 0.6 is 0 Å². The molecule has 0 fully saturated rings. The number of nitrogens with one attached hydrogen (secondary N) is 2. The fraction of sp³-hybridized carbons (Fsp3) is 0.308. The van der Waals surface area contributed by atoms with Crippen LogP contribution in [0.1, 0.15) is 16.8 Å². The molecule has 0 unspecified atom stereocenters. The van der Waals surface area contributed by atoms with Crippen LogP contribution in [0.2, 0.25) is 0 Å². The van der Waals surface area contributed by atoms with Crippen molar-refractivity contribution in [2.75, 3.05) is 20.8 Å². The van der Waals surface area contributed by atoms with Crippen LogP contribution in [0, 0.1) is 0 Å². The summed E-state index contributed by atoms with van der Waals surface area (Å²) < 4.78 is 10.4. The molecule has 0 spiro atoms. The molecule has 0 aliphatic rings.